The minimum Gasteiger partial charge on any atom is -0.351 e. The first-order valence-corrected chi connectivity index (χ1v) is 15.7. The molecule has 1 N–H and O–H groups in total. The van der Waals surface area contributed by atoms with Crippen molar-refractivity contribution in [2.24, 2.45) is 0 Å². The Morgan fingerprint density at radius 3 is 2.11 bits per heavy atom. The number of hydrogen-bond acceptors (Lipinski definition) is 6. The van der Waals surface area contributed by atoms with Gasteiger partial charge in [0.2, 0.25) is 0 Å². The van der Waals surface area contributed by atoms with Gasteiger partial charge in [-0.25, -0.2) is 15.0 Å². The van der Waals surface area contributed by atoms with Crippen LogP contribution in [0.15, 0.2) is 127 Å². The number of nitrogens with one attached hydrogen (secondary N) is 1. The van der Waals surface area contributed by atoms with E-state index >= 15 is 0 Å². The molecule has 7 rings (SSSR count). The van der Waals surface area contributed by atoms with E-state index in [2.05, 4.69) is 98.0 Å². The molecule has 8 nitrogen and oxygen atoms in total. The average molecular weight is 617 g/mol. The summed E-state index contributed by atoms with van der Waals surface area (Å²) < 4.78 is 8.55. The summed E-state index contributed by atoms with van der Waals surface area (Å²) in [6.45, 7) is 1.12. The van der Waals surface area contributed by atoms with Crippen LogP contribution in [0.2, 0.25) is 0 Å². The Morgan fingerprint density at radius 2 is 1.53 bits per heavy atom. The molecule has 3 heterocycles. The number of fused-ring (bicyclic) bond motifs is 1. The molecule has 2 atom stereocenters. The number of alkyl halides is 1. The molecule has 226 valence electrons. The lowest BCUT2D eigenvalue weighted by Crippen LogP contribution is -2.57. The number of ether oxygens (including phenoxy) is 1. The Kier molecular flexibility index (Phi) is 8.26. The van der Waals surface area contributed by atoms with Gasteiger partial charge in [-0.05, 0) is 29.5 Å². The molecule has 5 aromatic rings. The van der Waals surface area contributed by atoms with Crippen molar-refractivity contribution in [3.63, 3.8) is 0 Å². The second-order valence-corrected chi connectivity index (χ2v) is 11.5. The van der Waals surface area contributed by atoms with Gasteiger partial charge in [-0.1, -0.05) is 109 Å². The lowest BCUT2D eigenvalue weighted by Gasteiger charge is -2.50. The highest BCUT2D eigenvalue weighted by Gasteiger charge is 2.46. The molecule has 2 aliphatic rings. The molecule has 2 unspecified atom stereocenters. The van der Waals surface area contributed by atoms with Gasteiger partial charge in [-0.2, -0.15) is 0 Å². The van der Waals surface area contributed by atoms with E-state index in [1.54, 1.807) is 6.33 Å². The topological polar surface area (TPSA) is 85.2 Å². The summed E-state index contributed by atoms with van der Waals surface area (Å²) >= 11 is 6.58. The average Bonchev–Trinajstić information content (AvgIpc) is 3.56. The number of benzene rings is 3. The zero-order valence-electron chi connectivity index (χ0n) is 24.7. The van der Waals surface area contributed by atoms with E-state index in [0.29, 0.717) is 47.9 Å². The molecule has 1 aliphatic heterocycles. The van der Waals surface area contributed by atoms with E-state index in [1.807, 2.05) is 41.0 Å². The third-order valence-corrected chi connectivity index (χ3v) is 8.92. The van der Waals surface area contributed by atoms with Crippen LogP contribution in [0.5, 0.6) is 0 Å². The quantitative estimate of drug-likeness (QED) is 0.159. The largest absolute Gasteiger partial charge is 0.351 e. The SMILES string of the molecule is O=C(Nc1ncnc2c1ncn2C1CN(C(c2ccccc2)(c2ccccc2)c2ccccc2)CC(CCl)O1)C1=CC=CCC1. The monoisotopic (exact) mass is 616 g/mol. The van der Waals surface area contributed by atoms with Crippen molar-refractivity contribution in [1.82, 2.24) is 24.4 Å². The van der Waals surface area contributed by atoms with E-state index in [1.165, 1.54) is 6.33 Å². The maximum Gasteiger partial charge on any atom is 0.252 e. The number of carbonyl (C=O) groups is 1. The first-order valence-electron chi connectivity index (χ1n) is 15.2. The van der Waals surface area contributed by atoms with Crippen LogP contribution in [0.3, 0.4) is 0 Å². The summed E-state index contributed by atoms with van der Waals surface area (Å²) in [6, 6.07) is 31.8. The summed E-state index contributed by atoms with van der Waals surface area (Å²) in [7, 11) is 0. The number of hydrogen-bond donors (Lipinski definition) is 1. The third kappa shape index (κ3) is 5.46. The fraction of sp³-hybridized carbons (Fsp3) is 0.222. The molecule has 1 saturated heterocycles. The van der Waals surface area contributed by atoms with Gasteiger partial charge in [-0.15, -0.1) is 11.6 Å². The number of amides is 1. The molecular formula is C36H33ClN6O2. The van der Waals surface area contributed by atoms with E-state index in [0.717, 1.165) is 23.1 Å². The molecule has 1 fully saturated rings. The van der Waals surface area contributed by atoms with Gasteiger partial charge in [0.15, 0.2) is 17.0 Å². The molecule has 2 aromatic heterocycles. The van der Waals surface area contributed by atoms with Crippen molar-refractivity contribution in [2.75, 3.05) is 24.3 Å². The molecule has 0 saturated carbocycles. The molecule has 0 spiro atoms. The predicted octanol–water partition coefficient (Wildman–Crippen LogP) is 6.47. The second kappa shape index (κ2) is 12.8. The summed E-state index contributed by atoms with van der Waals surface area (Å²) in [4.78, 5) is 29.1. The van der Waals surface area contributed by atoms with Crippen molar-refractivity contribution >= 4 is 34.5 Å². The van der Waals surface area contributed by atoms with Gasteiger partial charge in [0.05, 0.1) is 23.9 Å². The second-order valence-electron chi connectivity index (χ2n) is 11.2. The molecule has 1 amide bonds. The zero-order valence-corrected chi connectivity index (χ0v) is 25.4. The fourth-order valence-electron chi connectivity index (χ4n) is 6.55. The van der Waals surface area contributed by atoms with Crippen LogP contribution in [-0.4, -0.2) is 55.4 Å². The summed E-state index contributed by atoms with van der Waals surface area (Å²) in [6.07, 6.45) is 9.74. The minimum atomic E-state index is -0.636. The van der Waals surface area contributed by atoms with Gasteiger partial charge in [0, 0.05) is 18.7 Å². The highest BCUT2D eigenvalue weighted by molar-refractivity contribution is 6.18. The van der Waals surface area contributed by atoms with Crippen molar-refractivity contribution in [1.29, 1.82) is 0 Å². The first-order chi connectivity index (χ1) is 22.2. The molecule has 0 bridgehead atoms. The smallest absolute Gasteiger partial charge is 0.252 e. The Morgan fingerprint density at radius 1 is 0.889 bits per heavy atom. The number of imidazole rings is 1. The number of halogens is 1. The van der Waals surface area contributed by atoms with Crippen molar-refractivity contribution in [3.8, 4) is 0 Å². The van der Waals surface area contributed by atoms with Crippen LogP contribution >= 0.6 is 11.6 Å². The van der Waals surface area contributed by atoms with E-state index in [9.17, 15) is 4.79 Å². The highest BCUT2D eigenvalue weighted by atomic mass is 35.5. The van der Waals surface area contributed by atoms with Crippen molar-refractivity contribution in [2.45, 2.75) is 30.7 Å². The normalized spacial score (nSPS) is 18.9. The maximum atomic E-state index is 13.0. The third-order valence-electron chi connectivity index (χ3n) is 8.58. The number of carbonyl (C=O) groups excluding carboxylic acids is 1. The zero-order chi connectivity index (χ0) is 30.6. The molecule has 9 heteroatoms. The number of morpholine rings is 1. The van der Waals surface area contributed by atoms with Crippen LogP contribution in [-0.2, 0) is 15.1 Å². The van der Waals surface area contributed by atoms with Crippen LogP contribution < -0.4 is 5.32 Å². The van der Waals surface area contributed by atoms with E-state index in [-0.39, 0.29) is 12.0 Å². The predicted molar refractivity (Wildman–Crippen MR) is 176 cm³/mol. The van der Waals surface area contributed by atoms with Crippen LogP contribution in [0.1, 0.15) is 35.8 Å². The van der Waals surface area contributed by atoms with Gasteiger partial charge in [0.1, 0.15) is 12.6 Å². The fourth-order valence-corrected chi connectivity index (χ4v) is 6.72. The Bertz CT molecular complexity index is 1740. The number of nitrogens with zero attached hydrogens (tertiary/aromatic N) is 5. The molecule has 1 aliphatic carbocycles. The Hall–Kier alpha value is -4.63. The number of anilines is 1. The van der Waals surface area contributed by atoms with E-state index in [4.69, 9.17) is 16.3 Å². The molecule has 0 radical (unpaired) electrons. The Labute approximate surface area is 267 Å². The van der Waals surface area contributed by atoms with Crippen LogP contribution in [0.25, 0.3) is 11.2 Å². The molecule has 45 heavy (non-hydrogen) atoms. The maximum absolute atomic E-state index is 13.0. The van der Waals surface area contributed by atoms with Gasteiger partial charge >= 0.3 is 0 Å². The first kappa shape index (κ1) is 29.1. The minimum absolute atomic E-state index is 0.186. The van der Waals surface area contributed by atoms with Crippen LogP contribution in [0, 0.1) is 0 Å². The van der Waals surface area contributed by atoms with Gasteiger partial charge in [-0.3, -0.25) is 14.3 Å². The Balaban J connectivity index is 1.32. The van der Waals surface area contributed by atoms with Gasteiger partial charge < -0.3 is 10.1 Å². The molecular weight excluding hydrogens is 584 g/mol. The van der Waals surface area contributed by atoms with Crippen molar-refractivity contribution < 1.29 is 9.53 Å². The standard InChI is InChI=1S/C36H33ClN6O2/c37-21-30-22-42(36(27-15-7-2-8-16-27,28-17-9-3-10-18-28)29-19-11-4-12-20-29)23-31(45-30)43-25-40-32-33(38-24-39-34(32)43)41-35(44)26-13-5-1-6-14-26/h1-5,7-13,15-20,24-25,30-31H,6,14,21-23H2,(H,38,39,41,44). The lowest BCUT2D eigenvalue weighted by molar-refractivity contribution is -0.127. The van der Waals surface area contributed by atoms with E-state index < -0.39 is 11.8 Å². The summed E-state index contributed by atoms with van der Waals surface area (Å²) in [5.74, 6) is 0.496. The van der Waals surface area contributed by atoms with Gasteiger partial charge in [0.25, 0.3) is 5.91 Å². The number of aromatic nitrogens is 4. The molecule has 3 aromatic carbocycles. The number of rotatable bonds is 8. The summed E-state index contributed by atoms with van der Waals surface area (Å²) in [5.41, 5.74) is 4.58. The highest BCUT2D eigenvalue weighted by Crippen LogP contribution is 2.45. The number of allylic oxidation sites excluding steroid dienone is 3. The summed E-state index contributed by atoms with van der Waals surface area (Å²) in [5, 5.41) is 2.95. The van der Waals surface area contributed by atoms with Crippen molar-refractivity contribution in [3.05, 3.63) is 144 Å². The van der Waals surface area contributed by atoms with Crippen LogP contribution in [0.4, 0.5) is 5.82 Å². The lowest BCUT2D eigenvalue weighted by atomic mass is 9.75.